The van der Waals surface area contributed by atoms with Crippen LogP contribution in [-0.4, -0.2) is 57.1 Å². The van der Waals surface area contributed by atoms with Crippen molar-refractivity contribution in [2.75, 3.05) is 20.6 Å². The van der Waals surface area contributed by atoms with Crippen molar-refractivity contribution in [3.05, 3.63) is 65.5 Å². The number of carbonyl (C=O) groups is 2. The summed E-state index contributed by atoms with van der Waals surface area (Å²) in [5, 5.41) is 12.0. The number of amides is 2. The number of benzene rings is 2. The highest BCUT2D eigenvalue weighted by atomic mass is 16.2. The summed E-state index contributed by atoms with van der Waals surface area (Å²) in [6, 6.07) is 15.3. The zero-order chi connectivity index (χ0) is 21.3. The second-order valence-corrected chi connectivity index (χ2v) is 7.31. The van der Waals surface area contributed by atoms with Crippen molar-refractivity contribution >= 4 is 33.9 Å². The van der Waals surface area contributed by atoms with Crippen molar-refractivity contribution in [2.45, 2.75) is 13.5 Å². The maximum absolute atomic E-state index is 12.6. The van der Waals surface area contributed by atoms with Crippen LogP contribution in [0.5, 0.6) is 0 Å². The molecule has 0 aliphatic carbocycles. The van der Waals surface area contributed by atoms with Gasteiger partial charge in [0.15, 0.2) is 0 Å². The van der Waals surface area contributed by atoms with Crippen molar-refractivity contribution in [2.24, 2.45) is 0 Å². The van der Waals surface area contributed by atoms with Crippen molar-refractivity contribution in [1.29, 1.82) is 0 Å². The quantitative estimate of drug-likeness (QED) is 0.552. The molecule has 152 valence electrons. The number of imidazole rings is 1. The van der Waals surface area contributed by atoms with Gasteiger partial charge in [0.05, 0.1) is 17.6 Å². The van der Waals surface area contributed by atoms with E-state index in [0.29, 0.717) is 23.3 Å². The third-order valence-corrected chi connectivity index (χ3v) is 4.99. The van der Waals surface area contributed by atoms with Crippen LogP contribution in [0.25, 0.3) is 22.1 Å². The van der Waals surface area contributed by atoms with Crippen molar-refractivity contribution in [1.82, 2.24) is 30.0 Å². The van der Waals surface area contributed by atoms with Crippen molar-refractivity contribution < 1.29 is 9.59 Å². The summed E-state index contributed by atoms with van der Waals surface area (Å²) < 4.78 is 2.08. The Morgan fingerprint density at radius 3 is 2.57 bits per heavy atom. The van der Waals surface area contributed by atoms with Gasteiger partial charge in [0.1, 0.15) is 5.82 Å². The average molecular weight is 402 g/mol. The van der Waals surface area contributed by atoms with E-state index in [0.717, 1.165) is 22.3 Å². The highest BCUT2D eigenvalue weighted by Crippen LogP contribution is 2.25. The maximum Gasteiger partial charge on any atom is 0.251 e. The second-order valence-electron chi connectivity index (χ2n) is 7.31. The molecule has 0 radical (unpaired) electrons. The first-order valence-corrected chi connectivity index (χ1v) is 9.59. The predicted molar refractivity (Wildman–Crippen MR) is 114 cm³/mol. The van der Waals surface area contributed by atoms with E-state index >= 15 is 0 Å². The molecule has 0 fully saturated rings. The fraction of sp³-hybridized carbons (Fsp3) is 0.227. The topological polar surface area (TPSA) is 93.0 Å². The van der Waals surface area contributed by atoms with Gasteiger partial charge in [-0.05, 0) is 30.7 Å². The normalized spacial score (nSPS) is 11.0. The largest absolute Gasteiger partial charge is 0.347 e. The zero-order valence-electron chi connectivity index (χ0n) is 17.1. The molecule has 2 aromatic carbocycles. The van der Waals surface area contributed by atoms with Crippen LogP contribution in [0.1, 0.15) is 21.7 Å². The van der Waals surface area contributed by atoms with Crippen molar-refractivity contribution in [3.8, 4) is 0 Å². The summed E-state index contributed by atoms with van der Waals surface area (Å²) in [7, 11) is 3.30. The van der Waals surface area contributed by atoms with Crippen LogP contribution in [-0.2, 0) is 11.3 Å². The van der Waals surface area contributed by atoms with Gasteiger partial charge in [-0.3, -0.25) is 9.59 Å². The summed E-state index contributed by atoms with van der Waals surface area (Å²) in [5.74, 6) is 0.332. The number of nitrogens with one attached hydrogen (secondary N) is 1. The predicted octanol–water partition coefficient (Wildman–Crippen LogP) is 2.15. The Morgan fingerprint density at radius 1 is 1.07 bits per heavy atom. The summed E-state index contributed by atoms with van der Waals surface area (Å²) >= 11 is 0. The molecule has 30 heavy (non-hydrogen) atoms. The molecule has 8 nitrogen and oxygen atoms in total. The second kappa shape index (κ2) is 7.90. The number of carbonyl (C=O) groups excluding carboxylic acids is 2. The van der Waals surface area contributed by atoms with Crippen LogP contribution in [0, 0.1) is 6.92 Å². The van der Waals surface area contributed by atoms with Crippen LogP contribution < -0.4 is 5.32 Å². The third kappa shape index (κ3) is 3.71. The van der Waals surface area contributed by atoms with Crippen LogP contribution in [0.15, 0.2) is 48.5 Å². The molecule has 2 amide bonds. The molecule has 8 heteroatoms. The third-order valence-electron chi connectivity index (χ3n) is 4.99. The lowest BCUT2D eigenvalue weighted by Gasteiger charge is -2.11. The molecule has 0 saturated heterocycles. The van der Waals surface area contributed by atoms with Crippen molar-refractivity contribution in [3.63, 3.8) is 0 Å². The molecule has 2 heterocycles. The minimum absolute atomic E-state index is 0.0566. The molecule has 2 aromatic heterocycles. The maximum atomic E-state index is 12.6. The van der Waals surface area contributed by atoms with Gasteiger partial charge >= 0.3 is 0 Å². The summed E-state index contributed by atoms with van der Waals surface area (Å²) in [4.78, 5) is 30.3. The first-order chi connectivity index (χ1) is 14.4. The Bertz CT molecular complexity index is 1250. The number of nitrogens with zero attached hydrogens (tertiary/aromatic N) is 5. The molecule has 0 spiro atoms. The number of hydrogen-bond acceptors (Lipinski definition) is 5. The average Bonchev–Trinajstić information content (AvgIpc) is 3.07. The summed E-state index contributed by atoms with van der Waals surface area (Å²) in [5.41, 5.74) is 3.64. The standard InChI is InChI=1S/C22H22N6O2/c1-14-24-21-20(28(14)13-15-7-5-4-6-8-15)17-11-16(9-10-18(17)25-26-21)22(30)23-12-19(29)27(2)3/h4-11H,12-13H2,1-3H3,(H,23,30). The number of hydrogen-bond donors (Lipinski definition) is 1. The highest BCUT2D eigenvalue weighted by molar-refractivity contribution is 6.05. The lowest BCUT2D eigenvalue weighted by atomic mass is 10.1. The van der Waals surface area contributed by atoms with Crippen LogP contribution in [0.4, 0.5) is 0 Å². The molecular weight excluding hydrogens is 380 g/mol. The first kappa shape index (κ1) is 19.5. The van der Waals surface area contributed by atoms with E-state index in [1.807, 2.05) is 25.1 Å². The molecule has 0 aliphatic heterocycles. The van der Waals surface area contributed by atoms with E-state index in [-0.39, 0.29) is 18.4 Å². The number of rotatable bonds is 5. The minimum atomic E-state index is -0.317. The van der Waals surface area contributed by atoms with E-state index in [1.165, 1.54) is 4.90 Å². The lowest BCUT2D eigenvalue weighted by Crippen LogP contribution is -2.36. The Kier molecular flexibility index (Phi) is 5.14. The first-order valence-electron chi connectivity index (χ1n) is 9.59. The van der Waals surface area contributed by atoms with E-state index in [9.17, 15) is 9.59 Å². The molecule has 1 N–H and O–H groups in total. The fourth-order valence-corrected chi connectivity index (χ4v) is 3.32. The highest BCUT2D eigenvalue weighted by Gasteiger charge is 2.16. The zero-order valence-corrected chi connectivity index (χ0v) is 17.1. The van der Waals surface area contributed by atoms with Gasteiger partial charge in [0.25, 0.3) is 5.91 Å². The van der Waals surface area contributed by atoms with Gasteiger partial charge in [-0.25, -0.2) is 4.98 Å². The molecule has 0 atom stereocenters. The van der Waals surface area contributed by atoms with Gasteiger partial charge < -0.3 is 14.8 Å². The molecule has 4 rings (SSSR count). The molecule has 4 aromatic rings. The van der Waals surface area contributed by atoms with E-state index in [4.69, 9.17) is 0 Å². The van der Waals surface area contributed by atoms with Gasteiger partial charge in [0, 0.05) is 31.6 Å². The smallest absolute Gasteiger partial charge is 0.251 e. The van der Waals surface area contributed by atoms with Crippen LogP contribution >= 0.6 is 0 Å². The van der Waals surface area contributed by atoms with E-state index in [2.05, 4.69) is 37.2 Å². The van der Waals surface area contributed by atoms with Gasteiger partial charge in [-0.15, -0.1) is 10.2 Å². The lowest BCUT2D eigenvalue weighted by molar-refractivity contribution is -0.127. The monoisotopic (exact) mass is 402 g/mol. The Labute approximate surface area is 173 Å². The molecule has 0 bridgehead atoms. The SMILES string of the molecule is Cc1nc2nnc3ccc(C(=O)NCC(=O)N(C)C)cc3c2n1Cc1ccccc1. The van der Waals surface area contributed by atoms with Gasteiger partial charge in [-0.2, -0.15) is 0 Å². The molecule has 0 aliphatic rings. The number of likely N-dealkylation sites (N-methyl/N-ethyl adjacent to an activating group) is 1. The van der Waals surface area contributed by atoms with Crippen LogP contribution in [0.2, 0.25) is 0 Å². The number of fused-ring (bicyclic) bond motifs is 3. The number of aromatic nitrogens is 4. The van der Waals surface area contributed by atoms with Crippen LogP contribution in [0.3, 0.4) is 0 Å². The van der Waals surface area contributed by atoms with Gasteiger partial charge in [-0.1, -0.05) is 30.3 Å². The summed E-state index contributed by atoms with van der Waals surface area (Å²) in [6.07, 6.45) is 0. The molecule has 0 saturated carbocycles. The minimum Gasteiger partial charge on any atom is -0.347 e. The Morgan fingerprint density at radius 2 is 1.83 bits per heavy atom. The van der Waals surface area contributed by atoms with Gasteiger partial charge in [0.2, 0.25) is 11.6 Å². The Balaban J connectivity index is 1.75. The van der Waals surface area contributed by atoms with E-state index < -0.39 is 0 Å². The summed E-state index contributed by atoms with van der Waals surface area (Å²) in [6.45, 7) is 2.51. The number of aryl methyl sites for hydroxylation is 1. The Hall–Kier alpha value is -3.81. The van der Waals surface area contributed by atoms with E-state index in [1.54, 1.807) is 32.3 Å². The molecule has 0 unspecified atom stereocenters. The molecular formula is C22H22N6O2. The fourth-order valence-electron chi connectivity index (χ4n) is 3.32.